The third-order valence-electron chi connectivity index (χ3n) is 3.89. The van der Waals surface area contributed by atoms with Gasteiger partial charge in [0.15, 0.2) is 0 Å². The second kappa shape index (κ2) is 5.28. The molecule has 1 rings (SSSR count). The van der Waals surface area contributed by atoms with E-state index in [0.29, 0.717) is 5.92 Å². The maximum absolute atomic E-state index is 10.2. The highest BCUT2D eigenvalue weighted by atomic mass is 16.3. The van der Waals surface area contributed by atoms with Gasteiger partial charge in [0, 0.05) is 19.1 Å². The zero-order valence-corrected chi connectivity index (χ0v) is 10.4. The summed E-state index contributed by atoms with van der Waals surface area (Å²) >= 11 is 0. The Kier molecular flexibility index (Phi) is 4.56. The molecule has 0 saturated carbocycles. The van der Waals surface area contributed by atoms with Crippen molar-refractivity contribution in [2.24, 2.45) is 11.7 Å². The van der Waals surface area contributed by atoms with Crippen LogP contribution in [0.2, 0.25) is 0 Å². The van der Waals surface area contributed by atoms with Crippen LogP contribution in [0.1, 0.15) is 40.0 Å². The molecule has 3 heteroatoms. The summed E-state index contributed by atoms with van der Waals surface area (Å²) in [7, 11) is 0. The van der Waals surface area contributed by atoms with Gasteiger partial charge in [0.1, 0.15) is 0 Å². The smallest absolute Gasteiger partial charge is 0.0768 e. The van der Waals surface area contributed by atoms with Crippen molar-refractivity contribution in [3.8, 4) is 0 Å². The standard InChI is InChI=1S/C12H26N2O/c1-4-12(15,5-2)9-14-7-6-11(8-14)10(3)13/h10-11,15H,4-9,13H2,1-3H3. The lowest BCUT2D eigenvalue weighted by molar-refractivity contribution is 0.00145. The Bertz CT molecular complexity index is 190. The van der Waals surface area contributed by atoms with E-state index in [1.165, 1.54) is 6.42 Å². The van der Waals surface area contributed by atoms with Gasteiger partial charge < -0.3 is 15.7 Å². The summed E-state index contributed by atoms with van der Waals surface area (Å²) in [6.07, 6.45) is 2.85. The number of hydrogen-bond acceptors (Lipinski definition) is 3. The fourth-order valence-electron chi connectivity index (χ4n) is 2.33. The topological polar surface area (TPSA) is 49.5 Å². The summed E-state index contributed by atoms with van der Waals surface area (Å²) in [6, 6.07) is 0.284. The van der Waals surface area contributed by atoms with E-state index in [0.717, 1.165) is 32.5 Å². The van der Waals surface area contributed by atoms with Crippen LogP contribution in [0.4, 0.5) is 0 Å². The number of nitrogens with zero attached hydrogens (tertiary/aromatic N) is 1. The minimum Gasteiger partial charge on any atom is -0.389 e. The molecule has 15 heavy (non-hydrogen) atoms. The first-order valence-corrected chi connectivity index (χ1v) is 6.21. The van der Waals surface area contributed by atoms with Crippen LogP contribution >= 0.6 is 0 Å². The van der Waals surface area contributed by atoms with Crippen LogP contribution < -0.4 is 5.73 Å². The number of β-amino-alcohol motifs (C(OH)–C–C–N with tert-alkyl or cyclic N) is 1. The molecule has 1 aliphatic rings. The minimum absolute atomic E-state index is 0.284. The normalized spacial score (nSPS) is 25.8. The first kappa shape index (κ1) is 12.9. The van der Waals surface area contributed by atoms with Crippen molar-refractivity contribution in [2.75, 3.05) is 19.6 Å². The Balaban J connectivity index is 2.41. The van der Waals surface area contributed by atoms with E-state index < -0.39 is 5.60 Å². The number of likely N-dealkylation sites (tertiary alicyclic amines) is 1. The largest absolute Gasteiger partial charge is 0.389 e. The van der Waals surface area contributed by atoms with E-state index in [1.807, 2.05) is 0 Å². The number of nitrogens with two attached hydrogens (primary N) is 1. The number of aliphatic hydroxyl groups is 1. The van der Waals surface area contributed by atoms with Crippen molar-refractivity contribution in [3.05, 3.63) is 0 Å². The zero-order valence-electron chi connectivity index (χ0n) is 10.4. The lowest BCUT2D eigenvalue weighted by Crippen LogP contribution is -2.42. The quantitative estimate of drug-likeness (QED) is 0.723. The number of rotatable bonds is 5. The zero-order chi connectivity index (χ0) is 11.5. The highest BCUT2D eigenvalue weighted by Gasteiger charge is 2.31. The first-order chi connectivity index (χ1) is 7.00. The molecule has 0 aromatic heterocycles. The minimum atomic E-state index is -0.493. The maximum atomic E-state index is 10.2. The molecule has 0 bridgehead atoms. The van der Waals surface area contributed by atoms with Crippen molar-refractivity contribution in [2.45, 2.75) is 51.7 Å². The Morgan fingerprint density at radius 1 is 1.47 bits per heavy atom. The van der Waals surface area contributed by atoms with E-state index in [4.69, 9.17) is 5.73 Å². The third-order valence-corrected chi connectivity index (χ3v) is 3.89. The first-order valence-electron chi connectivity index (χ1n) is 6.21. The Hall–Kier alpha value is -0.120. The van der Waals surface area contributed by atoms with Gasteiger partial charge in [-0.25, -0.2) is 0 Å². The molecule has 90 valence electrons. The van der Waals surface area contributed by atoms with Gasteiger partial charge in [-0.3, -0.25) is 0 Å². The molecule has 0 aromatic rings. The summed E-state index contributed by atoms with van der Waals surface area (Å²) in [6.45, 7) is 9.16. The molecule has 3 N–H and O–H groups in total. The van der Waals surface area contributed by atoms with Crippen LogP contribution in [0, 0.1) is 5.92 Å². The molecule has 2 atom stereocenters. The molecule has 0 aromatic carbocycles. The predicted molar refractivity (Wildman–Crippen MR) is 63.7 cm³/mol. The molecule has 1 aliphatic heterocycles. The monoisotopic (exact) mass is 214 g/mol. The summed E-state index contributed by atoms with van der Waals surface area (Å²) in [4.78, 5) is 2.36. The van der Waals surface area contributed by atoms with Gasteiger partial charge >= 0.3 is 0 Å². The molecular formula is C12H26N2O. The van der Waals surface area contributed by atoms with Gasteiger partial charge in [-0.15, -0.1) is 0 Å². The van der Waals surface area contributed by atoms with Crippen LogP contribution in [0.25, 0.3) is 0 Å². The van der Waals surface area contributed by atoms with Crippen LogP contribution in [0.3, 0.4) is 0 Å². The lowest BCUT2D eigenvalue weighted by atomic mass is 9.97. The summed E-state index contributed by atoms with van der Waals surface area (Å²) in [5, 5.41) is 10.2. The van der Waals surface area contributed by atoms with Gasteiger partial charge in [-0.1, -0.05) is 13.8 Å². The molecule has 1 heterocycles. The van der Waals surface area contributed by atoms with E-state index in [2.05, 4.69) is 25.7 Å². The van der Waals surface area contributed by atoms with Crippen molar-refractivity contribution < 1.29 is 5.11 Å². The molecule has 1 fully saturated rings. The SMILES string of the molecule is CCC(O)(CC)CN1CCC(C(C)N)C1. The highest BCUT2D eigenvalue weighted by molar-refractivity contribution is 4.86. The molecular weight excluding hydrogens is 188 g/mol. The molecule has 3 nitrogen and oxygen atoms in total. The van der Waals surface area contributed by atoms with Crippen LogP contribution in [0.15, 0.2) is 0 Å². The second-order valence-electron chi connectivity index (χ2n) is 5.07. The van der Waals surface area contributed by atoms with Gasteiger partial charge in [-0.2, -0.15) is 0 Å². The van der Waals surface area contributed by atoms with Crippen LogP contribution in [-0.4, -0.2) is 41.3 Å². The molecule has 0 aliphatic carbocycles. The summed E-state index contributed by atoms with van der Waals surface area (Å²) in [5.74, 6) is 0.614. The predicted octanol–water partition coefficient (Wildman–Crippen LogP) is 1.21. The van der Waals surface area contributed by atoms with Crippen molar-refractivity contribution >= 4 is 0 Å². The van der Waals surface area contributed by atoms with Gasteiger partial charge in [-0.05, 0) is 38.6 Å². The van der Waals surface area contributed by atoms with Crippen LogP contribution in [-0.2, 0) is 0 Å². The third kappa shape index (κ3) is 3.44. The highest BCUT2D eigenvalue weighted by Crippen LogP contribution is 2.23. The van der Waals surface area contributed by atoms with Gasteiger partial charge in [0.2, 0.25) is 0 Å². The fourth-order valence-corrected chi connectivity index (χ4v) is 2.33. The Morgan fingerprint density at radius 2 is 2.07 bits per heavy atom. The van der Waals surface area contributed by atoms with Gasteiger partial charge in [0.05, 0.1) is 5.60 Å². The average molecular weight is 214 g/mol. The fraction of sp³-hybridized carbons (Fsp3) is 1.00. The molecule has 0 amide bonds. The number of hydrogen-bond donors (Lipinski definition) is 2. The van der Waals surface area contributed by atoms with Crippen molar-refractivity contribution in [1.82, 2.24) is 4.90 Å². The summed E-state index contributed by atoms with van der Waals surface area (Å²) in [5.41, 5.74) is 5.41. The Labute approximate surface area is 93.6 Å². The van der Waals surface area contributed by atoms with Crippen molar-refractivity contribution in [3.63, 3.8) is 0 Å². The average Bonchev–Trinajstić information content (AvgIpc) is 2.66. The lowest BCUT2D eigenvalue weighted by Gasteiger charge is -2.30. The molecule has 0 radical (unpaired) electrons. The van der Waals surface area contributed by atoms with E-state index in [-0.39, 0.29) is 6.04 Å². The molecule has 0 spiro atoms. The van der Waals surface area contributed by atoms with Crippen molar-refractivity contribution in [1.29, 1.82) is 0 Å². The second-order valence-corrected chi connectivity index (χ2v) is 5.07. The maximum Gasteiger partial charge on any atom is 0.0768 e. The van der Waals surface area contributed by atoms with E-state index in [1.54, 1.807) is 0 Å². The Morgan fingerprint density at radius 3 is 2.47 bits per heavy atom. The molecule has 2 unspecified atom stereocenters. The van der Waals surface area contributed by atoms with Gasteiger partial charge in [0.25, 0.3) is 0 Å². The van der Waals surface area contributed by atoms with E-state index in [9.17, 15) is 5.11 Å². The van der Waals surface area contributed by atoms with E-state index >= 15 is 0 Å². The summed E-state index contributed by atoms with van der Waals surface area (Å²) < 4.78 is 0. The van der Waals surface area contributed by atoms with Crippen LogP contribution in [0.5, 0.6) is 0 Å². The molecule has 1 saturated heterocycles.